The van der Waals surface area contributed by atoms with Gasteiger partial charge in [0.15, 0.2) is 0 Å². The van der Waals surface area contributed by atoms with Crippen LogP contribution in [0.2, 0.25) is 0 Å². The number of aromatic nitrogens is 2. The van der Waals surface area contributed by atoms with Gasteiger partial charge in [0, 0.05) is 33.1 Å². The van der Waals surface area contributed by atoms with Gasteiger partial charge in [-0.2, -0.15) is 13.2 Å². The number of aromatic amines is 1. The molecule has 23 heavy (non-hydrogen) atoms. The lowest BCUT2D eigenvalue weighted by Gasteiger charge is -2.33. The van der Waals surface area contributed by atoms with Crippen molar-refractivity contribution < 1.29 is 18.0 Å². The Morgan fingerprint density at radius 2 is 1.96 bits per heavy atom. The van der Waals surface area contributed by atoms with Crippen molar-refractivity contribution in [1.82, 2.24) is 19.8 Å². The second-order valence-corrected chi connectivity index (χ2v) is 5.70. The number of hydrogen-bond acceptors (Lipinski definition) is 3. The smallest absolute Gasteiger partial charge is 0.341 e. The molecule has 2 heterocycles. The van der Waals surface area contributed by atoms with Gasteiger partial charge in [-0.1, -0.05) is 0 Å². The summed E-state index contributed by atoms with van der Waals surface area (Å²) in [5.74, 6) is 0.698. The van der Waals surface area contributed by atoms with E-state index in [4.69, 9.17) is 0 Å². The van der Waals surface area contributed by atoms with Crippen molar-refractivity contribution in [3.05, 3.63) is 29.6 Å². The molecule has 0 saturated carbocycles. The topological polar surface area (TPSA) is 52.2 Å². The first kappa shape index (κ1) is 15.8. The Kier molecular flexibility index (Phi) is 4.01. The monoisotopic (exact) mass is 326 g/mol. The molecule has 1 aromatic carbocycles. The number of alkyl halides is 3. The number of fused-ring (bicyclic) bond motifs is 1. The average molecular weight is 326 g/mol. The van der Waals surface area contributed by atoms with Gasteiger partial charge in [-0.05, 0) is 18.2 Å². The highest BCUT2D eigenvalue weighted by atomic mass is 19.4. The molecule has 5 nitrogen and oxygen atoms in total. The highest BCUT2D eigenvalue weighted by Gasteiger charge is 2.30. The van der Waals surface area contributed by atoms with Gasteiger partial charge in [-0.15, -0.1) is 0 Å². The van der Waals surface area contributed by atoms with E-state index < -0.39 is 11.7 Å². The second-order valence-electron chi connectivity index (χ2n) is 5.70. The molecule has 0 radical (unpaired) electrons. The van der Waals surface area contributed by atoms with Crippen molar-refractivity contribution in [2.24, 2.45) is 0 Å². The molecular weight excluding hydrogens is 309 g/mol. The Morgan fingerprint density at radius 3 is 2.57 bits per heavy atom. The summed E-state index contributed by atoms with van der Waals surface area (Å²) in [6.07, 6.45) is -4.36. The molecule has 0 unspecified atom stereocenters. The number of amides is 1. The summed E-state index contributed by atoms with van der Waals surface area (Å²) in [5, 5.41) is 0. The summed E-state index contributed by atoms with van der Waals surface area (Å²) in [6.45, 7) is 4.85. The largest absolute Gasteiger partial charge is 0.416 e. The van der Waals surface area contributed by atoms with E-state index in [-0.39, 0.29) is 5.91 Å². The Balaban J connectivity index is 1.71. The highest BCUT2D eigenvalue weighted by molar-refractivity contribution is 5.76. The van der Waals surface area contributed by atoms with Crippen molar-refractivity contribution in [3.8, 4) is 0 Å². The van der Waals surface area contributed by atoms with E-state index >= 15 is 0 Å². The van der Waals surface area contributed by atoms with E-state index in [1.165, 1.54) is 6.07 Å². The molecule has 1 aliphatic rings. The van der Waals surface area contributed by atoms with E-state index in [2.05, 4.69) is 14.9 Å². The molecule has 1 aromatic heterocycles. The fraction of sp³-hybridized carbons (Fsp3) is 0.467. The van der Waals surface area contributed by atoms with Gasteiger partial charge in [0.2, 0.25) is 5.91 Å². The third-order valence-electron chi connectivity index (χ3n) is 4.05. The van der Waals surface area contributed by atoms with Crippen molar-refractivity contribution in [3.63, 3.8) is 0 Å². The first-order chi connectivity index (χ1) is 10.8. The second kappa shape index (κ2) is 5.84. The summed E-state index contributed by atoms with van der Waals surface area (Å²) < 4.78 is 38.2. The summed E-state index contributed by atoms with van der Waals surface area (Å²) in [4.78, 5) is 22.5. The fourth-order valence-electron chi connectivity index (χ4n) is 2.75. The first-order valence-electron chi connectivity index (χ1n) is 7.36. The molecule has 1 amide bonds. The van der Waals surface area contributed by atoms with Crippen molar-refractivity contribution in [2.45, 2.75) is 19.6 Å². The molecule has 1 N–H and O–H groups in total. The molecule has 0 atom stereocenters. The van der Waals surface area contributed by atoms with Gasteiger partial charge < -0.3 is 9.88 Å². The summed E-state index contributed by atoms with van der Waals surface area (Å²) >= 11 is 0. The number of carbonyl (C=O) groups excluding carboxylic acids is 1. The van der Waals surface area contributed by atoms with E-state index in [1.54, 1.807) is 11.8 Å². The van der Waals surface area contributed by atoms with Gasteiger partial charge in [0.1, 0.15) is 5.82 Å². The number of H-pyrrole nitrogens is 1. The number of imidazole rings is 1. The Bertz CT molecular complexity index is 717. The number of carbonyl (C=O) groups is 1. The number of piperazine rings is 1. The average Bonchev–Trinajstić information content (AvgIpc) is 2.88. The minimum absolute atomic E-state index is 0.0630. The predicted octanol–water partition coefficient (Wildman–Crippen LogP) is 2.25. The Hall–Kier alpha value is -2.09. The van der Waals surface area contributed by atoms with Gasteiger partial charge >= 0.3 is 6.18 Å². The number of rotatable bonds is 2. The number of benzene rings is 1. The van der Waals surface area contributed by atoms with Crippen LogP contribution in [0.5, 0.6) is 0 Å². The molecule has 0 bridgehead atoms. The van der Waals surface area contributed by atoms with Crippen LogP contribution in [0.15, 0.2) is 18.2 Å². The van der Waals surface area contributed by atoms with Crippen LogP contribution in [0, 0.1) is 0 Å². The number of hydrogen-bond donors (Lipinski definition) is 1. The van der Waals surface area contributed by atoms with Crippen molar-refractivity contribution in [1.29, 1.82) is 0 Å². The third kappa shape index (κ3) is 3.47. The van der Waals surface area contributed by atoms with Gasteiger partial charge in [-0.25, -0.2) is 4.98 Å². The van der Waals surface area contributed by atoms with E-state index in [1.807, 2.05) is 0 Å². The summed E-state index contributed by atoms with van der Waals surface area (Å²) in [6, 6.07) is 3.50. The normalized spacial score (nSPS) is 17.0. The summed E-state index contributed by atoms with van der Waals surface area (Å²) in [7, 11) is 0. The van der Waals surface area contributed by atoms with Gasteiger partial charge in [-0.3, -0.25) is 9.69 Å². The molecule has 2 aromatic rings. The zero-order valence-electron chi connectivity index (χ0n) is 12.7. The van der Waals surface area contributed by atoms with Crippen LogP contribution in [-0.4, -0.2) is 51.9 Å². The molecule has 124 valence electrons. The van der Waals surface area contributed by atoms with Crippen LogP contribution in [0.3, 0.4) is 0 Å². The van der Waals surface area contributed by atoms with E-state index in [9.17, 15) is 18.0 Å². The zero-order valence-corrected chi connectivity index (χ0v) is 12.7. The molecule has 1 fully saturated rings. The van der Waals surface area contributed by atoms with E-state index in [0.717, 1.165) is 25.2 Å². The Morgan fingerprint density at radius 1 is 1.26 bits per heavy atom. The molecule has 8 heteroatoms. The summed E-state index contributed by atoms with van der Waals surface area (Å²) in [5.41, 5.74) is 0.225. The Labute approximate surface area is 131 Å². The standard InChI is InChI=1S/C15H17F3N4O/c1-10(23)22-6-4-21(5-7-22)9-14-19-12-3-2-11(15(16,17)18)8-13(12)20-14/h2-3,8H,4-7,9H2,1H3,(H,19,20). The van der Waals surface area contributed by atoms with Crippen LogP contribution in [0.25, 0.3) is 11.0 Å². The minimum atomic E-state index is -4.36. The molecule has 3 rings (SSSR count). The number of halogens is 3. The van der Waals surface area contributed by atoms with Crippen LogP contribution in [0.1, 0.15) is 18.3 Å². The maximum absolute atomic E-state index is 12.7. The van der Waals surface area contributed by atoms with Crippen molar-refractivity contribution in [2.75, 3.05) is 26.2 Å². The molecule has 1 saturated heterocycles. The SMILES string of the molecule is CC(=O)N1CCN(Cc2nc3ccc(C(F)(F)F)cc3[nH]2)CC1. The zero-order chi connectivity index (χ0) is 16.6. The lowest BCUT2D eigenvalue weighted by molar-refractivity contribution is -0.137. The van der Waals surface area contributed by atoms with Crippen LogP contribution >= 0.6 is 0 Å². The predicted molar refractivity (Wildman–Crippen MR) is 78.6 cm³/mol. The molecule has 1 aliphatic heterocycles. The van der Waals surface area contributed by atoms with Gasteiger partial charge in [0.05, 0.1) is 23.1 Å². The van der Waals surface area contributed by atoms with E-state index in [0.29, 0.717) is 36.5 Å². The lowest BCUT2D eigenvalue weighted by Crippen LogP contribution is -2.47. The lowest BCUT2D eigenvalue weighted by atomic mass is 10.2. The molecule has 0 spiro atoms. The maximum atomic E-state index is 12.7. The number of nitrogens with one attached hydrogen (secondary N) is 1. The quantitative estimate of drug-likeness (QED) is 0.921. The maximum Gasteiger partial charge on any atom is 0.416 e. The number of nitrogens with zero attached hydrogens (tertiary/aromatic N) is 3. The van der Waals surface area contributed by atoms with Crippen molar-refractivity contribution >= 4 is 16.9 Å². The van der Waals surface area contributed by atoms with Crippen LogP contribution < -0.4 is 0 Å². The highest BCUT2D eigenvalue weighted by Crippen LogP contribution is 2.30. The molecule has 0 aliphatic carbocycles. The van der Waals surface area contributed by atoms with Gasteiger partial charge in [0.25, 0.3) is 0 Å². The minimum Gasteiger partial charge on any atom is -0.341 e. The van der Waals surface area contributed by atoms with Crippen LogP contribution in [0.4, 0.5) is 13.2 Å². The fourth-order valence-corrected chi connectivity index (χ4v) is 2.75. The first-order valence-corrected chi connectivity index (χ1v) is 7.36. The van der Waals surface area contributed by atoms with Crippen LogP contribution in [-0.2, 0) is 17.5 Å². The molecular formula is C15H17F3N4O. The third-order valence-corrected chi connectivity index (χ3v) is 4.05.